The van der Waals surface area contributed by atoms with Gasteiger partial charge in [0, 0.05) is 12.1 Å². The number of nitrogens with zero attached hydrogens (tertiary/aromatic N) is 1. The topological polar surface area (TPSA) is 20.3 Å². The van der Waals surface area contributed by atoms with Crippen LogP contribution in [0.5, 0.6) is 0 Å². The van der Waals surface area contributed by atoms with Gasteiger partial charge in [-0.15, -0.1) is 0 Å². The summed E-state index contributed by atoms with van der Waals surface area (Å²) in [4.78, 5) is 14.4. The molecule has 138 valence electrons. The van der Waals surface area contributed by atoms with Gasteiger partial charge in [-0.25, -0.2) is 4.39 Å². The number of carbonyl (C=O) groups is 1. The fourth-order valence-corrected chi connectivity index (χ4v) is 3.65. The average Bonchev–Trinajstić information content (AvgIpc) is 2.75. The Morgan fingerprint density at radius 1 is 0.857 bits per heavy atom. The van der Waals surface area contributed by atoms with E-state index in [1.165, 1.54) is 0 Å². The predicted molar refractivity (Wildman–Crippen MR) is 108 cm³/mol. The van der Waals surface area contributed by atoms with E-state index in [0.717, 1.165) is 16.7 Å². The van der Waals surface area contributed by atoms with Gasteiger partial charge in [0.15, 0.2) is 0 Å². The van der Waals surface area contributed by atoms with Crippen molar-refractivity contribution in [2.45, 2.75) is 24.7 Å². The number of β-lactam (4-membered cyclic amide) rings is 1. The molecule has 0 unspecified atom stereocenters. The number of carbonyl (C=O) groups excluding carboxylic acids is 1. The first-order chi connectivity index (χ1) is 13.7. The standard InChI is InChI=1S/C25H20FNO/c26-25(18-10-15-20-11-4-1-5-12-20)23(22-16-8-3-9-17-22)27(24(25)28)19-21-13-6-2-7-14-21/h1-9,11-14,16-17,23H,18-19H2/t23-,25+/m0/s1. The number of hydrogen-bond donors (Lipinski definition) is 0. The maximum Gasteiger partial charge on any atom is 0.264 e. The van der Waals surface area contributed by atoms with E-state index < -0.39 is 17.6 Å². The van der Waals surface area contributed by atoms with Crippen LogP contribution in [0.1, 0.15) is 29.2 Å². The highest BCUT2D eigenvalue weighted by atomic mass is 19.1. The molecule has 0 saturated carbocycles. The number of likely N-dealkylation sites (tertiary alicyclic amines) is 1. The van der Waals surface area contributed by atoms with Gasteiger partial charge in [0.05, 0.1) is 6.42 Å². The minimum Gasteiger partial charge on any atom is -0.325 e. The molecule has 2 atom stereocenters. The summed E-state index contributed by atoms with van der Waals surface area (Å²) in [6.07, 6.45) is -0.119. The van der Waals surface area contributed by atoms with E-state index in [2.05, 4.69) is 11.8 Å². The second-order valence-corrected chi connectivity index (χ2v) is 6.94. The monoisotopic (exact) mass is 369 g/mol. The quantitative estimate of drug-likeness (QED) is 0.472. The van der Waals surface area contributed by atoms with Crippen LogP contribution in [0.3, 0.4) is 0 Å². The second kappa shape index (κ2) is 7.70. The molecule has 2 nitrogen and oxygen atoms in total. The van der Waals surface area contributed by atoms with Crippen LogP contribution in [-0.4, -0.2) is 16.5 Å². The minimum atomic E-state index is -2.00. The number of benzene rings is 3. The van der Waals surface area contributed by atoms with Gasteiger partial charge in [-0.1, -0.05) is 90.7 Å². The molecule has 0 N–H and O–H groups in total. The summed E-state index contributed by atoms with van der Waals surface area (Å²) in [7, 11) is 0. The molecule has 1 amide bonds. The average molecular weight is 369 g/mol. The highest BCUT2D eigenvalue weighted by molar-refractivity contribution is 5.93. The molecule has 0 aliphatic carbocycles. The molecule has 1 aliphatic rings. The molecule has 1 heterocycles. The Kier molecular flexibility index (Phi) is 4.95. The molecular formula is C25H20FNO. The summed E-state index contributed by atoms with van der Waals surface area (Å²) in [5, 5.41) is 0. The zero-order chi connectivity index (χ0) is 19.4. The summed E-state index contributed by atoms with van der Waals surface area (Å²) >= 11 is 0. The van der Waals surface area contributed by atoms with Crippen LogP contribution >= 0.6 is 0 Å². The second-order valence-electron chi connectivity index (χ2n) is 6.94. The Hall–Kier alpha value is -3.38. The van der Waals surface area contributed by atoms with E-state index >= 15 is 4.39 Å². The minimum absolute atomic E-state index is 0.119. The molecule has 1 saturated heterocycles. The van der Waals surface area contributed by atoms with Crippen LogP contribution in [0.25, 0.3) is 0 Å². The highest BCUT2D eigenvalue weighted by Gasteiger charge is 2.61. The third kappa shape index (κ3) is 3.42. The lowest BCUT2D eigenvalue weighted by atomic mass is 9.77. The van der Waals surface area contributed by atoms with Gasteiger partial charge < -0.3 is 4.90 Å². The lowest BCUT2D eigenvalue weighted by molar-refractivity contribution is -0.178. The van der Waals surface area contributed by atoms with E-state index in [-0.39, 0.29) is 6.42 Å². The summed E-state index contributed by atoms with van der Waals surface area (Å²) in [6, 6.07) is 27.8. The van der Waals surface area contributed by atoms with Gasteiger partial charge >= 0.3 is 0 Å². The van der Waals surface area contributed by atoms with Crippen molar-refractivity contribution in [3.63, 3.8) is 0 Å². The van der Waals surface area contributed by atoms with Crippen LogP contribution in [0, 0.1) is 11.8 Å². The third-order valence-corrected chi connectivity index (χ3v) is 5.02. The maximum absolute atomic E-state index is 15.8. The van der Waals surface area contributed by atoms with E-state index in [1.54, 1.807) is 4.90 Å². The fourth-order valence-electron chi connectivity index (χ4n) is 3.65. The molecule has 28 heavy (non-hydrogen) atoms. The van der Waals surface area contributed by atoms with E-state index in [1.807, 2.05) is 91.0 Å². The maximum atomic E-state index is 15.8. The van der Waals surface area contributed by atoms with Crippen LogP contribution < -0.4 is 0 Å². The van der Waals surface area contributed by atoms with Gasteiger partial charge in [-0.3, -0.25) is 4.79 Å². The third-order valence-electron chi connectivity index (χ3n) is 5.02. The van der Waals surface area contributed by atoms with Crippen LogP contribution in [0.2, 0.25) is 0 Å². The van der Waals surface area contributed by atoms with Crippen molar-refractivity contribution < 1.29 is 9.18 Å². The summed E-state index contributed by atoms with van der Waals surface area (Å²) in [5.74, 6) is 5.36. The van der Waals surface area contributed by atoms with Crippen molar-refractivity contribution in [2.75, 3.05) is 0 Å². The van der Waals surface area contributed by atoms with Gasteiger partial charge in [-0.2, -0.15) is 0 Å². The van der Waals surface area contributed by atoms with Gasteiger partial charge in [0.1, 0.15) is 6.04 Å². The zero-order valence-corrected chi connectivity index (χ0v) is 15.4. The van der Waals surface area contributed by atoms with Crippen molar-refractivity contribution in [3.8, 4) is 11.8 Å². The van der Waals surface area contributed by atoms with Crippen LogP contribution in [-0.2, 0) is 11.3 Å². The van der Waals surface area contributed by atoms with Crippen molar-refractivity contribution in [1.29, 1.82) is 0 Å². The molecule has 3 heteroatoms. The molecule has 3 aromatic carbocycles. The number of rotatable bonds is 4. The molecule has 0 aromatic heterocycles. The van der Waals surface area contributed by atoms with Crippen LogP contribution in [0.15, 0.2) is 91.0 Å². The summed E-state index contributed by atoms with van der Waals surface area (Å²) in [5.41, 5.74) is 0.587. The summed E-state index contributed by atoms with van der Waals surface area (Å²) < 4.78 is 15.8. The number of halogens is 1. The van der Waals surface area contributed by atoms with Crippen molar-refractivity contribution in [3.05, 3.63) is 108 Å². The van der Waals surface area contributed by atoms with Gasteiger partial charge in [0.2, 0.25) is 5.67 Å². The Morgan fingerprint density at radius 3 is 2.07 bits per heavy atom. The molecule has 0 bridgehead atoms. The molecule has 3 aromatic rings. The first-order valence-electron chi connectivity index (χ1n) is 9.31. The normalized spacial score (nSPS) is 20.8. The highest BCUT2D eigenvalue weighted by Crippen LogP contribution is 2.48. The zero-order valence-electron chi connectivity index (χ0n) is 15.4. The Morgan fingerprint density at radius 2 is 1.43 bits per heavy atom. The van der Waals surface area contributed by atoms with E-state index in [4.69, 9.17) is 0 Å². The van der Waals surface area contributed by atoms with Gasteiger partial charge in [-0.05, 0) is 23.3 Å². The number of hydrogen-bond acceptors (Lipinski definition) is 1. The molecule has 4 rings (SSSR count). The first-order valence-corrected chi connectivity index (χ1v) is 9.31. The van der Waals surface area contributed by atoms with Gasteiger partial charge in [0.25, 0.3) is 5.91 Å². The first kappa shape index (κ1) is 18.0. The molecule has 0 spiro atoms. The molecular weight excluding hydrogens is 349 g/mol. The van der Waals surface area contributed by atoms with Crippen LogP contribution in [0.4, 0.5) is 4.39 Å². The summed E-state index contributed by atoms with van der Waals surface area (Å²) in [6.45, 7) is 0.386. The van der Waals surface area contributed by atoms with Crippen molar-refractivity contribution in [2.24, 2.45) is 0 Å². The Balaban J connectivity index is 1.60. The Bertz CT molecular complexity index is 1010. The number of alkyl halides is 1. The van der Waals surface area contributed by atoms with Crippen molar-refractivity contribution >= 4 is 5.91 Å². The molecule has 1 aliphatic heterocycles. The smallest absolute Gasteiger partial charge is 0.264 e. The number of amides is 1. The Labute approximate surface area is 164 Å². The lowest BCUT2D eigenvalue weighted by Crippen LogP contribution is -2.65. The lowest BCUT2D eigenvalue weighted by Gasteiger charge is -2.51. The fraction of sp³-hybridized carbons (Fsp3) is 0.160. The van der Waals surface area contributed by atoms with E-state index in [9.17, 15) is 4.79 Å². The largest absolute Gasteiger partial charge is 0.325 e. The molecule has 1 fully saturated rings. The van der Waals surface area contributed by atoms with Crippen molar-refractivity contribution in [1.82, 2.24) is 4.90 Å². The molecule has 0 radical (unpaired) electrons. The predicted octanol–water partition coefficient (Wildman–Crippen LogP) is 4.92. The van der Waals surface area contributed by atoms with E-state index in [0.29, 0.717) is 6.54 Å². The SMILES string of the molecule is O=C1N(Cc2ccccc2)[C@@H](c2ccccc2)[C@]1(F)CC#Cc1ccccc1.